The van der Waals surface area contributed by atoms with Gasteiger partial charge in [0.25, 0.3) is 0 Å². The number of amides is 1. The van der Waals surface area contributed by atoms with Crippen molar-refractivity contribution in [3.05, 3.63) is 35.7 Å². The molecule has 1 aromatic heterocycles. The maximum Gasteiger partial charge on any atom is 0.411 e. The minimum Gasteiger partial charge on any atom is -0.444 e. The molecule has 0 radical (unpaired) electrons. The van der Waals surface area contributed by atoms with Crippen LogP contribution in [0.15, 0.2) is 18.2 Å². The largest absolute Gasteiger partial charge is 0.444 e. The molecular weight excluding hydrogens is 314 g/mol. The Labute approximate surface area is 140 Å². The molecule has 24 heavy (non-hydrogen) atoms. The van der Waals surface area contributed by atoms with Gasteiger partial charge in [0.05, 0.1) is 6.04 Å². The van der Waals surface area contributed by atoms with E-state index in [4.69, 9.17) is 4.74 Å². The number of nitrogens with zero attached hydrogens (tertiary/aromatic N) is 2. The molecule has 2 aliphatic rings. The van der Waals surface area contributed by atoms with E-state index in [1.165, 1.54) is 6.07 Å². The van der Waals surface area contributed by atoms with Crippen LogP contribution in [0.1, 0.15) is 52.0 Å². The van der Waals surface area contributed by atoms with Crippen molar-refractivity contribution in [3.63, 3.8) is 0 Å². The minimum atomic E-state index is -0.830. The number of carbonyl (C=O) groups is 1. The smallest absolute Gasteiger partial charge is 0.411 e. The summed E-state index contributed by atoms with van der Waals surface area (Å²) in [6.45, 7) is 5.52. The van der Waals surface area contributed by atoms with E-state index in [0.717, 1.165) is 30.9 Å². The van der Waals surface area contributed by atoms with E-state index in [0.29, 0.717) is 12.0 Å². The molecule has 1 amide bonds. The Morgan fingerprint density at radius 3 is 2.67 bits per heavy atom. The highest BCUT2D eigenvalue weighted by molar-refractivity contribution is 5.74. The minimum absolute atomic E-state index is 0.0250. The molecule has 3 rings (SSSR count). The van der Waals surface area contributed by atoms with Crippen LogP contribution in [-0.2, 0) is 4.74 Å². The third kappa shape index (κ3) is 3.42. The van der Waals surface area contributed by atoms with Gasteiger partial charge in [-0.05, 0) is 64.2 Å². The van der Waals surface area contributed by atoms with Crippen molar-refractivity contribution in [2.75, 3.05) is 0 Å². The molecule has 6 heteroatoms. The number of fused-ring (bicyclic) bond motifs is 2. The predicted molar refractivity (Wildman–Crippen MR) is 86.2 cm³/mol. The molecule has 0 spiro atoms. The van der Waals surface area contributed by atoms with Crippen LogP contribution in [0, 0.1) is 11.9 Å². The van der Waals surface area contributed by atoms with E-state index < -0.39 is 17.5 Å². The van der Waals surface area contributed by atoms with Gasteiger partial charge in [0.15, 0.2) is 0 Å². The van der Waals surface area contributed by atoms with Gasteiger partial charge in [0, 0.05) is 11.6 Å². The first-order chi connectivity index (χ1) is 11.2. The third-order valence-corrected chi connectivity index (χ3v) is 4.40. The molecule has 130 valence electrons. The molecule has 0 aromatic carbocycles. The summed E-state index contributed by atoms with van der Waals surface area (Å²) in [5.41, 5.74) is 0.550. The second-order valence-electron chi connectivity index (χ2n) is 7.41. The molecule has 3 heterocycles. The number of hydrogen-bond donors (Lipinski definition) is 0. The summed E-state index contributed by atoms with van der Waals surface area (Å²) in [5.74, 6) is -1.63. The summed E-state index contributed by atoms with van der Waals surface area (Å²) < 4.78 is 32.5. The summed E-state index contributed by atoms with van der Waals surface area (Å²) in [4.78, 5) is 17.6. The Morgan fingerprint density at radius 1 is 1.29 bits per heavy atom. The van der Waals surface area contributed by atoms with Crippen LogP contribution in [-0.4, -0.2) is 33.7 Å². The molecule has 4 nitrogen and oxygen atoms in total. The summed E-state index contributed by atoms with van der Waals surface area (Å²) in [6, 6.07) is 2.44. The zero-order valence-corrected chi connectivity index (χ0v) is 14.2. The zero-order valence-electron chi connectivity index (χ0n) is 14.2. The lowest BCUT2D eigenvalue weighted by Crippen LogP contribution is -2.53. The Kier molecular flexibility index (Phi) is 4.32. The number of ether oxygens (including phenoxy) is 1. The average Bonchev–Trinajstić information content (AvgIpc) is 2.44. The zero-order chi connectivity index (χ0) is 17.5. The van der Waals surface area contributed by atoms with Crippen LogP contribution in [0.4, 0.5) is 13.6 Å². The molecule has 1 saturated heterocycles. The number of pyridine rings is 1. The monoisotopic (exact) mass is 336 g/mol. The number of carbonyl (C=O) groups excluding carboxylic acids is 1. The summed E-state index contributed by atoms with van der Waals surface area (Å²) in [6.07, 6.45) is 4.78. The number of aromatic nitrogens is 1. The quantitative estimate of drug-likeness (QED) is 0.718. The number of hydrogen-bond acceptors (Lipinski definition) is 3. The van der Waals surface area contributed by atoms with E-state index >= 15 is 0 Å². The fourth-order valence-corrected chi connectivity index (χ4v) is 3.48. The van der Waals surface area contributed by atoms with Gasteiger partial charge in [0.2, 0.25) is 11.9 Å². The normalized spacial score (nSPS) is 23.7. The van der Waals surface area contributed by atoms with E-state index in [1.807, 2.05) is 26.8 Å². The van der Waals surface area contributed by atoms with Gasteiger partial charge in [-0.3, -0.25) is 4.90 Å². The predicted octanol–water partition coefficient (Wildman–Crippen LogP) is 4.31. The second-order valence-corrected chi connectivity index (χ2v) is 7.41. The van der Waals surface area contributed by atoms with Crippen molar-refractivity contribution in [3.8, 4) is 0 Å². The summed E-state index contributed by atoms with van der Waals surface area (Å²) in [5, 5.41) is 0. The molecule has 1 fully saturated rings. The molecule has 0 saturated carbocycles. The van der Waals surface area contributed by atoms with E-state index in [-0.39, 0.29) is 18.2 Å². The van der Waals surface area contributed by atoms with Crippen molar-refractivity contribution in [1.82, 2.24) is 9.88 Å². The summed E-state index contributed by atoms with van der Waals surface area (Å²) in [7, 11) is 0. The number of halogens is 2. The maximum absolute atomic E-state index is 14.0. The van der Waals surface area contributed by atoms with Crippen LogP contribution in [0.2, 0.25) is 0 Å². The van der Waals surface area contributed by atoms with Crippen LogP contribution in [0.25, 0.3) is 5.57 Å². The Bertz CT molecular complexity index is 682. The average molecular weight is 336 g/mol. The van der Waals surface area contributed by atoms with Crippen molar-refractivity contribution in [2.24, 2.45) is 0 Å². The van der Waals surface area contributed by atoms with Crippen molar-refractivity contribution in [2.45, 2.75) is 64.1 Å². The first-order valence-corrected chi connectivity index (χ1v) is 8.29. The van der Waals surface area contributed by atoms with Crippen molar-refractivity contribution >= 4 is 11.7 Å². The van der Waals surface area contributed by atoms with Crippen LogP contribution >= 0.6 is 0 Å². The fraction of sp³-hybridized carbons (Fsp3) is 0.556. The fourth-order valence-electron chi connectivity index (χ4n) is 3.48. The first-order valence-electron chi connectivity index (χ1n) is 8.29. The van der Waals surface area contributed by atoms with Crippen LogP contribution < -0.4 is 0 Å². The third-order valence-electron chi connectivity index (χ3n) is 4.40. The van der Waals surface area contributed by atoms with Gasteiger partial charge in [-0.25, -0.2) is 4.79 Å². The standard InChI is InChI=1S/C18H22F2N2O2/c1-18(2,3)24-17(23)22-12-5-4-6-13(22)10-11(9-12)14-7-8-15(19)21-16(14)20/h7-9,12-13H,4-6,10H2,1-3H3. The molecule has 0 N–H and O–H groups in total. The molecule has 2 bridgehead atoms. The lowest BCUT2D eigenvalue weighted by molar-refractivity contribution is 0.0000772. The molecule has 2 atom stereocenters. The van der Waals surface area contributed by atoms with E-state index in [9.17, 15) is 13.6 Å². The molecule has 2 unspecified atom stereocenters. The van der Waals surface area contributed by atoms with Gasteiger partial charge in [-0.2, -0.15) is 13.8 Å². The highest BCUT2D eigenvalue weighted by Gasteiger charge is 2.39. The second kappa shape index (κ2) is 6.15. The Balaban J connectivity index is 1.88. The van der Waals surface area contributed by atoms with Gasteiger partial charge in [-0.1, -0.05) is 6.08 Å². The number of piperidine rings is 1. The lowest BCUT2D eigenvalue weighted by atomic mass is 9.83. The van der Waals surface area contributed by atoms with Gasteiger partial charge < -0.3 is 4.74 Å². The highest BCUT2D eigenvalue weighted by atomic mass is 19.1. The molecule has 0 aliphatic carbocycles. The first kappa shape index (κ1) is 16.9. The summed E-state index contributed by atoms with van der Waals surface area (Å²) >= 11 is 0. The van der Waals surface area contributed by atoms with Gasteiger partial charge >= 0.3 is 6.09 Å². The van der Waals surface area contributed by atoms with Crippen LogP contribution in [0.3, 0.4) is 0 Å². The Hall–Kier alpha value is -1.98. The maximum atomic E-state index is 14.0. The van der Waals surface area contributed by atoms with Crippen molar-refractivity contribution < 1.29 is 18.3 Å². The van der Waals surface area contributed by atoms with Crippen molar-refractivity contribution in [1.29, 1.82) is 0 Å². The topological polar surface area (TPSA) is 42.4 Å². The van der Waals surface area contributed by atoms with Gasteiger partial charge in [0.1, 0.15) is 5.60 Å². The highest BCUT2D eigenvalue weighted by Crippen LogP contribution is 2.38. The van der Waals surface area contributed by atoms with Gasteiger partial charge in [-0.15, -0.1) is 0 Å². The Morgan fingerprint density at radius 2 is 2.04 bits per heavy atom. The molecule has 2 aliphatic heterocycles. The number of rotatable bonds is 1. The lowest BCUT2D eigenvalue weighted by Gasteiger charge is -2.45. The van der Waals surface area contributed by atoms with E-state index in [1.54, 1.807) is 4.90 Å². The molecular formula is C18H22F2N2O2. The van der Waals surface area contributed by atoms with E-state index in [2.05, 4.69) is 4.98 Å². The van der Waals surface area contributed by atoms with Crippen LogP contribution in [0.5, 0.6) is 0 Å². The molecule has 1 aromatic rings. The SMILES string of the molecule is CC(C)(C)OC(=O)N1C2C=C(c3ccc(F)nc3F)CC1CCC2.